The summed E-state index contributed by atoms with van der Waals surface area (Å²) in [6, 6.07) is 2.54. The van der Waals surface area contributed by atoms with Gasteiger partial charge >= 0.3 is 0 Å². The van der Waals surface area contributed by atoms with Crippen LogP contribution in [0.1, 0.15) is 58.7 Å². The topological polar surface area (TPSA) is 61.0 Å². The Morgan fingerprint density at radius 1 is 1.38 bits per heavy atom. The molecule has 1 aliphatic heterocycles. The van der Waals surface area contributed by atoms with Crippen LogP contribution in [0.5, 0.6) is 0 Å². The molecule has 0 aromatic carbocycles. The van der Waals surface area contributed by atoms with E-state index in [-0.39, 0.29) is 11.5 Å². The third kappa shape index (κ3) is 4.30. The van der Waals surface area contributed by atoms with Gasteiger partial charge in [-0.25, -0.2) is 4.98 Å². The molecule has 0 saturated carbocycles. The summed E-state index contributed by atoms with van der Waals surface area (Å²) < 4.78 is 0. The van der Waals surface area contributed by atoms with E-state index in [2.05, 4.69) is 47.9 Å². The normalized spacial score (nSPS) is 19.5. The highest BCUT2D eigenvalue weighted by Crippen LogP contribution is 2.23. The molecule has 0 bridgehead atoms. The zero-order valence-corrected chi connectivity index (χ0v) is 13.6. The number of nitrogens with one attached hydrogen (secondary N) is 2. The lowest BCUT2D eigenvalue weighted by molar-refractivity contribution is 0.418. The van der Waals surface area contributed by atoms with E-state index < -0.39 is 0 Å². The van der Waals surface area contributed by atoms with Gasteiger partial charge in [0.15, 0.2) is 0 Å². The minimum Gasteiger partial charge on any atom is -0.352 e. The summed E-state index contributed by atoms with van der Waals surface area (Å²) in [6.45, 7) is 10.4. The van der Waals surface area contributed by atoms with E-state index in [1.165, 1.54) is 12.8 Å². The zero-order chi connectivity index (χ0) is 15.4. The molecule has 2 heterocycles. The monoisotopic (exact) mass is 292 g/mol. The Kier molecular flexibility index (Phi) is 5.39. The van der Waals surface area contributed by atoms with Crippen LogP contribution in [0.4, 0.5) is 5.82 Å². The van der Waals surface area contributed by atoms with Gasteiger partial charge in [0.25, 0.3) is 5.56 Å². The molecule has 5 nitrogen and oxygen atoms in total. The van der Waals surface area contributed by atoms with Crippen molar-refractivity contribution in [3.8, 4) is 0 Å². The largest absolute Gasteiger partial charge is 0.352 e. The summed E-state index contributed by atoms with van der Waals surface area (Å²) in [5, 5.41) is 3.51. The first-order valence-electron chi connectivity index (χ1n) is 8.08. The molecule has 2 N–H and O–H groups in total. The molecule has 2 rings (SSSR count). The van der Waals surface area contributed by atoms with Crippen molar-refractivity contribution in [3.05, 3.63) is 22.2 Å². The van der Waals surface area contributed by atoms with Gasteiger partial charge in [-0.3, -0.25) is 4.79 Å². The van der Waals surface area contributed by atoms with Crippen LogP contribution in [-0.4, -0.2) is 35.1 Å². The maximum Gasteiger partial charge on any atom is 0.252 e. The number of rotatable bonds is 5. The first-order chi connectivity index (χ1) is 9.97. The quantitative estimate of drug-likeness (QED) is 0.874. The predicted octanol–water partition coefficient (Wildman–Crippen LogP) is 2.25. The van der Waals surface area contributed by atoms with Gasteiger partial charge in [-0.1, -0.05) is 27.7 Å². The zero-order valence-electron chi connectivity index (χ0n) is 13.6. The molecule has 1 aromatic rings. The molecule has 1 aromatic heterocycles. The van der Waals surface area contributed by atoms with Crippen molar-refractivity contribution >= 4 is 5.82 Å². The number of hydrogen-bond donors (Lipinski definition) is 2. The Balaban J connectivity index is 2.22. The van der Waals surface area contributed by atoms with Crippen molar-refractivity contribution < 1.29 is 0 Å². The van der Waals surface area contributed by atoms with Crippen molar-refractivity contribution in [3.63, 3.8) is 0 Å². The standard InChI is InChI=1S/C16H28N4O/c1-11(2)16-18-14(9-15(21)19-16)20-8-6-5-7-13(20)10-17-12(3)4/h9,11-13,17H,5-8,10H2,1-4H3,(H,18,19,21). The van der Waals surface area contributed by atoms with Crippen molar-refractivity contribution in [2.75, 3.05) is 18.0 Å². The Hall–Kier alpha value is -1.36. The average Bonchev–Trinajstić information content (AvgIpc) is 2.44. The van der Waals surface area contributed by atoms with Crippen molar-refractivity contribution in [2.24, 2.45) is 0 Å². The summed E-state index contributed by atoms with van der Waals surface area (Å²) >= 11 is 0. The minimum atomic E-state index is -0.0511. The van der Waals surface area contributed by atoms with Gasteiger partial charge < -0.3 is 15.2 Å². The van der Waals surface area contributed by atoms with Crippen LogP contribution in [0.3, 0.4) is 0 Å². The molecule has 1 saturated heterocycles. The Morgan fingerprint density at radius 3 is 2.81 bits per heavy atom. The summed E-state index contributed by atoms with van der Waals surface area (Å²) in [7, 11) is 0. The van der Waals surface area contributed by atoms with E-state index in [0.29, 0.717) is 12.1 Å². The van der Waals surface area contributed by atoms with E-state index in [9.17, 15) is 4.79 Å². The van der Waals surface area contributed by atoms with E-state index in [4.69, 9.17) is 0 Å². The molecule has 1 atom stereocenters. The van der Waals surface area contributed by atoms with Crippen LogP contribution in [0, 0.1) is 0 Å². The maximum atomic E-state index is 11.9. The van der Waals surface area contributed by atoms with Crippen LogP contribution >= 0.6 is 0 Å². The van der Waals surface area contributed by atoms with Gasteiger partial charge in [0, 0.05) is 37.2 Å². The molecule has 5 heteroatoms. The molecule has 118 valence electrons. The molecule has 1 unspecified atom stereocenters. The second-order valence-corrected chi connectivity index (χ2v) is 6.55. The summed E-state index contributed by atoms with van der Waals surface area (Å²) in [5.74, 6) is 1.84. The molecule has 0 spiro atoms. The van der Waals surface area contributed by atoms with Crippen LogP contribution in [0.2, 0.25) is 0 Å². The second kappa shape index (κ2) is 7.07. The van der Waals surface area contributed by atoms with Gasteiger partial charge in [0.05, 0.1) is 0 Å². The number of H-pyrrole nitrogens is 1. The summed E-state index contributed by atoms with van der Waals surface area (Å²) in [5.41, 5.74) is -0.0511. The predicted molar refractivity (Wildman–Crippen MR) is 87.1 cm³/mol. The number of aromatic amines is 1. The minimum absolute atomic E-state index is 0.0511. The second-order valence-electron chi connectivity index (χ2n) is 6.55. The van der Waals surface area contributed by atoms with Crippen molar-refractivity contribution in [2.45, 2.75) is 65.0 Å². The fourth-order valence-electron chi connectivity index (χ4n) is 2.77. The maximum absolute atomic E-state index is 11.9. The van der Waals surface area contributed by atoms with Crippen molar-refractivity contribution in [1.29, 1.82) is 0 Å². The first kappa shape index (κ1) is 16.0. The molecule has 0 amide bonds. The van der Waals surface area contributed by atoms with Gasteiger partial charge in [0.2, 0.25) is 0 Å². The number of aromatic nitrogens is 2. The lowest BCUT2D eigenvalue weighted by Crippen LogP contribution is -2.47. The van der Waals surface area contributed by atoms with E-state index in [1.54, 1.807) is 6.07 Å². The van der Waals surface area contributed by atoms with Gasteiger partial charge in [0.1, 0.15) is 11.6 Å². The SMILES string of the molecule is CC(C)NCC1CCCCN1c1cc(=O)[nH]c(C(C)C)n1. The van der Waals surface area contributed by atoms with Crippen LogP contribution in [0.15, 0.2) is 10.9 Å². The van der Waals surface area contributed by atoms with Gasteiger partial charge in [-0.05, 0) is 19.3 Å². The molecular formula is C16H28N4O. The smallest absolute Gasteiger partial charge is 0.252 e. The Labute approximate surface area is 127 Å². The summed E-state index contributed by atoms with van der Waals surface area (Å²) in [4.78, 5) is 21.7. The van der Waals surface area contributed by atoms with E-state index in [0.717, 1.165) is 31.2 Å². The first-order valence-corrected chi connectivity index (χ1v) is 8.08. The highest BCUT2D eigenvalue weighted by Gasteiger charge is 2.24. The van der Waals surface area contributed by atoms with Crippen molar-refractivity contribution in [1.82, 2.24) is 15.3 Å². The van der Waals surface area contributed by atoms with E-state index >= 15 is 0 Å². The van der Waals surface area contributed by atoms with Gasteiger partial charge in [-0.2, -0.15) is 0 Å². The number of anilines is 1. The van der Waals surface area contributed by atoms with Gasteiger partial charge in [-0.15, -0.1) is 0 Å². The molecule has 0 radical (unpaired) electrons. The molecule has 1 fully saturated rings. The number of nitrogens with zero attached hydrogens (tertiary/aromatic N) is 2. The van der Waals surface area contributed by atoms with Crippen LogP contribution in [-0.2, 0) is 0 Å². The highest BCUT2D eigenvalue weighted by atomic mass is 16.1. The van der Waals surface area contributed by atoms with Crippen LogP contribution in [0.25, 0.3) is 0 Å². The molecular weight excluding hydrogens is 264 g/mol. The summed E-state index contributed by atoms with van der Waals surface area (Å²) in [6.07, 6.45) is 3.58. The lowest BCUT2D eigenvalue weighted by Gasteiger charge is -2.37. The number of hydrogen-bond acceptors (Lipinski definition) is 4. The highest BCUT2D eigenvalue weighted by molar-refractivity contribution is 5.40. The third-order valence-electron chi connectivity index (χ3n) is 3.98. The Morgan fingerprint density at radius 2 is 2.14 bits per heavy atom. The molecule has 21 heavy (non-hydrogen) atoms. The number of piperidine rings is 1. The van der Waals surface area contributed by atoms with E-state index in [1.807, 2.05) is 0 Å². The molecule has 0 aliphatic carbocycles. The fraction of sp³-hybridized carbons (Fsp3) is 0.750. The fourth-order valence-corrected chi connectivity index (χ4v) is 2.77. The Bertz CT molecular complexity index is 509. The molecule has 1 aliphatic rings. The average molecular weight is 292 g/mol. The third-order valence-corrected chi connectivity index (χ3v) is 3.98. The van der Waals surface area contributed by atoms with Crippen LogP contribution < -0.4 is 15.8 Å². The lowest BCUT2D eigenvalue weighted by atomic mass is 10.0.